The van der Waals surface area contributed by atoms with Gasteiger partial charge in [0.1, 0.15) is 0 Å². The smallest absolute Gasteiger partial charge is 0.211 e. The maximum Gasteiger partial charge on any atom is 0.211 e. The summed E-state index contributed by atoms with van der Waals surface area (Å²) >= 11 is 1.18. The number of aromatic nitrogens is 2. The van der Waals surface area contributed by atoms with E-state index in [2.05, 4.69) is 9.59 Å². The number of rotatable bonds is 4. The Bertz CT molecular complexity index is 475. The second kappa shape index (κ2) is 5.60. The molecule has 1 aromatic rings. The molecule has 6 nitrogen and oxygen atoms in total. The van der Waals surface area contributed by atoms with Crippen LogP contribution in [-0.4, -0.2) is 46.8 Å². The summed E-state index contributed by atoms with van der Waals surface area (Å²) in [6.07, 6.45) is 4.58. The minimum atomic E-state index is -3.12. The van der Waals surface area contributed by atoms with Crippen molar-refractivity contribution in [1.29, 1.82) is 0 Å². The summed E-state index contributed by atoms with van der Waals surface area (Å²) in [5.74, 6) is 0.200. The Morgan fingerprint density at radius 3 is 3.06 bits per heavy atom. The van der Waals surface area contributed by atoms with Gasteiger partial charge in [0.05, 0.1) is 23.4 Å². The third kappa shape index (κ3) is 3.47. The van der Waals surface area contributed by atoms with Crippen molar-refractivity contribution in [2.45, 2.75) is 25.4 Å². The van der Waals surface area contributed by atoms with Crippen LogP contribution in [0.5, 0.6) is 0 Å². The Hall–Kier alpha value is -0.570. The van der Waals surface area contributed by atoms with E-state index in [0.717, 1.165) is 17.7 Å². The summed E-state index contributed by atoms with van der Waals surface area (Å²) in [6, 6.07) is 0. The normalized spacial score (nSPS) is 24.0. The van der Waals surface area contributed by atoms with Gasteiger partial charge in [0, 0.05) is 13.1 Å². The van der Waals surface area contributed by atoms with Gasteiger partial charge in [-0.3, -0.25) is 0 Å². The van der Waals surface area contributed by atoms with Crippen LogP contribution >= 0.6 is 11.5 Å². The van der Waals surface area contributed by atoms with Crippen LogP contribution in [-0.2, 0) is 10.0 Å². The zero-order valence-electron chi connectivity index (χ0n) is 10.2. The lowest BCUT2D eigenvalue weighted by Crippen LogP contribution is -2.39. The number of hydrogen-bond acceptors (Lipinski definition) is 6. The molecule has 1 aromatic heterocycles. The first-order valence-corrected chi connectivity index (χ1v) is 8.49. The van der Waals surface area contributed by atoms with Gasteiger partial charge in [-0.15, -0.1) is 5.10 Å². The maximum atomic E-state index is 11.5. The highest BCUT2D eigenvalue weighted by molar-refractivity contribution is 7.88. The van der Waals surface area contributed by atoms with Gasteiger partial charge in [0.25, 0.3) is 0 Å². The topological polar surface area (TPSA) is 83.4 Å². The van der Waals surface area contributed by atoms with Crippen molar-refractivity contribution in [3.05, 3.63) is 11.1 Å². The molecule has 0 bridgehead atoms. The predicted molar refractivity (Wildman–Crippen MR) is 68.6 cm³/mol. The lowest BCUT2D eigenvalue weighted by molar-refractivity contribution is 0.125. The average Bonchev–Trinajstić information content (AvgIpc) is 2.81. The van der Waals surface area contributed by atoms with Crippen molar-refractivity contribution in [2.24, 2.45) is 5.92 Å². The van der Waals surface area contributed by atoms with E-state index in [1.54, 1.807) is 6.20 Å². The van der Waals surface area contributed by atoms with Crippen LogP contribution in [0.3, 0.4) is 0 Å². The molecule has 102 valence electrons. The van der Waals surface area contributed by atoms with Crippen molar-refractivity contribution in [3.8, 4) is 0 Å². The van der Waals surface area contributed by atoms with Gasteiger partial charge in [0.2, 0.25) is 10.0 Å². The van der Waals surface area contributed by atoms with Crippen LogP contribution in [0.25, 0.3) is 0 Å². The summed E-state index contributed by atoms with van der Waals surface area (Å²) < 4.78 is 28.2. The molecule has 18 heavy (non-hydrogen) atoms. The SMILES string of the molecule is CS(=O)(=O)N1CCCC(CC(O)c2cnns2)C1. The van der Waals surface area contributed by atoms with Gasteiger partial charge in [-0.1, -0.05) is 4.49 Å². The van der Waals surface area contributed by atoms with Crippen molar-refractivity contribution in [3.63, 3.8) is 0 Å². The van der Waals surface area contributed by atoms with Gasteiger partial charge >= 0.3 is 0 Å². The first kappa shape index (κ1) is 13.9. The number of aliphatic hydroxyl groups is 1. The number of sulfonamides is 1. The molecule has 8 heteroatoms. The Kier molecular flexibility index (Phi) is 4.31. The summed E-state index contributed by atoms with van der Waals surface area (Å²) in [5, 5.41) is 13.7. The molecule has 1 fully saturated rings. The van der Waals surface area contributed by atoms with E-state index in [-0.39, 0.29) is 5.92 Å². The Morgan fingerprint density at radius 2 is 2.44 bits per heavy atom. The van der Waals surface area contributed by atoms with Gasteiger partial charge in [-0.05, 0) is 36.7 Å². The largest absolute Gasteiger partial charge is 0.387 e. The van der Waals surface area contributed by atoms with E-state index in [1.165, 1.54) is 22.1 Å². The number of hydrogen-bond donors (Lipinski definition) is 1. The molecular formula is C10H17N3O3S2. The molecule has 0 spiro atoms. The maximum absolute atomic E-state index is 11.5. The van der Waals surface area contributed by atoms with E-state index in [9.17, 15) is 13.5 Å². The summed E-state index contributed by atoms with van der Waals surface area (Å²) in [4.78, 5) is 0.742. The van der Waals surface area contributed by atoms with E-state index in [1.807, 2.05) is 0 Å². The molecule has 1 saturated heterocycles. The fourth-order valence-electron chi connectivity index (χ4n) is 2.27. The summed E-state index contributed by atoms with van der Waals surface area (Å²) in [5.41, 5.74) is 0. The van der Waals surface area contributed by atoms with Crippen molar-refractivity contribution in [2.75, 3.05) is 19.3 Å². The molecule has 0 amide bonds. The molecule has 2 atom stereocenters. The molecule has 1 N–H and O–H groups in total. The zero-order valence-corrected chi connectivity index (χ0v) is 11.8. The Balaban J connectivity index is 1.94. The molecule has 0 saturated carbocycles. The molecule has 1 aliphatic rings. The molecule has 1 aliphatic heterocycles. The Labute approximate surface area is 111 Å². The van der Waals surface area contributed by atoms with Gasteiger partial charge < -0.3 is 5.11 Å². The molecule has 2 unspecified atom stereocenters. The third-order valence-corrected chi connectivity index (χ3v) is 5.25. The minimum Gasteiger partial charge on any atom is -0.387 e. The van der Waals surface area contributed by atoms with Crippen LogP contribution in [0.2, 0.25) is 0 Å². The minimum absolute atomic E-state index is 0.200. The fourth-order valence-corrected chi connectivity index (χ4v) is 3.72. The van der Waals surface area contributed by atoms with Crippen LogP contribution in [0.4, 0.5) is 0 Å². The molecule has 2 rings (SSSR count). The molecule has 0 aromatic carbocycles. The fraction of sp³-hybridized carbons (Fsp3) is 0.800. The second-order valence-electron chi connectivity index (χ2n) is 4.70. The number of nitrogens with zero attached hydrogens (tertiary/aromatic N) is 3. The molecule has 2 heterocycles. The van der Waals surface area contributed by atoms with Crippen LogP contribution in [0.15, 0.2) is 6.20 Å². The van der Waals surface area contributed by atoms with Crippen molar-refractivity contribution < 1.29 is 13.5 Å². The second-order valence-corrected chi connectivity index (χ2v) is 7.50. The van der Waals surface area contributed by atoms with E-state index < -0.39 is 16.1 Å². The highest BCUT2D eigenvalue weighted by Gasteiger charge is 2.27. The highest BCUT2D eigenvalue weighted by Crippen LogP contribution is 2.29. The zero-order chi connectivity index (χ0) is 13.2. The number of piperidine rings is 1. The number of aliphatic hydroxyl groups excluding tert-OH is 1. The van der Waals surface area contributed by atoms with E-state index in [0.29, 0.717) is 19.5 Å². The van der Waals surface area contributed by atoms with E-state index >= 15 is 0 Å². The third-order valence-electron chi connectivity index (χ3n) is 3.21. The predicted octanol–water partition coefficient (Wildman–Crippen LogP) is 0.633. The van der Waals surface area contributed by atoms with Crippen LogP contribution in [0.1, 0.15) is 30.2 Å². The first-order valence-electron chi connectivity index (χ1n) is 5.87. The Morgan fingerprint density at radius 1 is 1.67 bits per heavy atom. The van der Waals surface area contributed by atoms with Crippen LogP contribution < -0.4 is 0 Å². The lowest BCUT2D eigenvalue weighted by atomic mass is 9.93. The lowest BCUT2D eigenvalue weighted by Gasteiger charge is -2.31. The van der Waals surface area contributed by atoms with Gasteiger partial charge in [-0.2, -0.15) is 0 Å². The van der Waals surface area contributed by atoms with Crippen molar-refractivity contribution in [1.82, 2.24) is 13.9 Å². The quantitative estimate of drug-likeness (QED) is 0.880. The monoisotopic (exact) mass is 291 g/mol. The summed E-state index contributed by atoms with van der Waals surface area (Å²) in [6.45, 7) is 1.09. The average molecular weight is 291 g/mol. The highest BCUT2D eigenvalue weighted by atomic mass is 32.2. The van der Waals surface area contributed by atoms with Crippen molar-refractivity contribution >= 4 is 21.6 Å². The standard InChI is InChI=1S/C10H17N3O3S2/c1-18(15,16)13-4-2-3-8(7-13)5-9(14)10-6-11-12-17-10/h6,8-9,14H,2-5,7H2,1H3. The molecule has 0 radical (unpaired) electrons. The van der Waals surface area contributed by atoms with Gasteiger partial charge in [0.15, 0.2) is 0 Å². The molecule has 0 aliphatic carbocycles. The van der Waals surface area contributed by atoms with Gasteiger partial charge in [-0.25, -0.2) is 12.7 Å². The van der Waals surface area contributed by atoms with E-state index in [4.69, 9.17) is 0 Å². The molecular weight excluding hydrogens is 274 g/mol. The van der Waals surface area contributed by atoms with Crippen LogP contribution in [0, 0.1) is 5.92 Å². The first-order chi connectivity index (χ1) is 8.47. The summed E-state index contributed by atoms with van der Waals surface area (Å²) in [7, 11) is -3.12.